The lowest BCUT2D eigenvalue weighted by atomic mass is 9.97. The minimum absolute atomic E-state index is 0.452. The third kappa shape index (κ3) is 10.5. The largest absolute Gasteiger partial charge is 0.0870 e. The van der Waals surface area contributed by atoms with Crippen molar-refractivity contribution < 1.29 is 0 Å². The van der Waals surface area contributed by atoms with E-state index in [0.29, 0.717) is 9.49 Å². The minimum Gasteiger partial charge on any atom is -0.0870 e. The van der Waals surface area contributed by atoms with E-state index < -0.39 is 0 Å². The van der Waals surface area contributed by atoms with E-state index in [1.807, 2.05) is 0 Å². The molecule has 22 heavy (non-hydrogen) atoms. The predicted molar refractivity (Wildman–Crippen MR) is 110 cm³/mol. The molecule has 0 aliphatic carbocycles. The van der Waals surface area contributed by atoms with Crippen LogP contribution in [0.2, 0.25) is 0 Å². The Labute approximate surface area is 149 Å². The maximum Gasteiger partial charge on any atom is 0.0233 e. The minimum atomic E-state index is 0.452. The second-order valence-electron chi connectivity index (χ2n) is 8.35. The van der Waals surface area contributed by atoms with E-state index >= 15 is 0 Å². The second-order valence-corrected chi connectivity index (χ2v) is 11.7. The lowest BCUT2D eigenvalue weighted by Gasteiger charge is -2.34. The summed E-state index contributed by atoms with van der Waals surface area (Å²) in [6.07, 6.45) is 10.8. The molecule has 2 atom stereocenters. The molecule has 0 saturated carbocycles. The van der Waals surface area contributed by atoms with Crippen molar-refractivity contribution in [3.05, 3.63) is 0 Å². The van der Waals surface area contributed by atoms with Gasteiger partial charge in [0.05, 0.1) is 0 Å². The molecule has 0 aromatic carbocycles. The van der Waals surface area contributed by atoms with Gasteiger partial charge in [-0.2, -0.15) is 0 Å². The summed E-state index contributed by atoms with van der Waals surface area (Å²) in [7, 11) is 4.37. The predicted octanol–water partition coefficient (Wildman–Crippen LogP) is 8.36. The summed E-state index contributed by atoms with van der Waals surface area (Å²) >= 11 is 0. The molecular weight excluding hydrogens is 304 g/mol. The molecule has 0 nitrogen and oxygen atoms in total. The summed E-state index contributed by atoms with van der Waals surface area (Å²) < 4.78 is 0.905. The van der Waals surface area contributed by atoms with Gasteiger partial charge in [0.1, 0.15) is 0 Å². The molecule has 2 unspecified atom stereocenters. The van der Waals surface area contributed by atoms with Gasteiger partial charge in [-0.3, -0.25) is 0 Å². The Morgan fingerprint density at radius 3 is 1.23 bits per heavy atom. The van der Waals surface area contributed by atoms with Crippen molar-refractivity contribution in [1.29, 1.82) is 0 Å². The molecule has 0 aromatic heterocycles. The van der Waals surface area contributed by atoms with E-state index in [2.05, 4.69) is 77.0 Å². The first kappa shape index (κ1) is 22.7. The molecule has 2 heteroatoms. The molecule has 0 N–H and O–H groups in total. The van der Waals surface area contributed by atoms with Gasteiger partial charge in [0.25, 0.3) is 0 Å². The summed E-state index contributed by atoms with van der Waals surface area (Å²) in [6.45, 7) is 19.1. The van der Waals surface area contributed by atoms with Gasteiger partial charge in [0.15, 0.2) is 0 Å². The Balaban J connectivity index is 4.34. The monoisotopic (exact) mass is 346 g/mol. The fourth-order valence-electron chi connectivity index (χ4n) is 2.52. The van der Waals surface area contributed by atoms with Gasteiger partial charge < -0.3 is 0 Å². The zero-order valence-electron chi connectivity index (χ0n) is 16.6. The highest BCUT2D eigenvalue weighted by atomic mass is 33.1. The molecule has 0 heterocycles. The van der Waals surface area contributed by atoms with Crippen LogP contribution in [0.4, 0.5) is 0 Å². The van der Waals surface area contributed by atoms with Crippen LogP contribution >= 0.6 is 21.6 Å². The van der Waals surface area contributed by atoms with Crippen molar-refractivity contribution in [3.8, 4) is 0 Å². The van der Waals surface area contributed by atoms with Gasteiger partial charge >= 0.3 is 0 Å². The Morgan fingerprint density at radius 2 is 1.00 bits per heavy atom. The standard InChI is InChI=1S/C20H42S2/c1-9-19(7,15-11-13-17(3)4)21-22-20(8,10-2)16-12-14-18(5)6/h17-18H,9-16H2,1-8H3. The molecule has 0 spiro atoms. The highest BCUT2D eigenvalue weighted by Crippen LogP contribution is 2.50. The normalized spacial score (nSPS) is 17.7. The van der Waals surface area contributed by atoms with Crippen LogP contribution in [0.1, 0.15) is 107 Å². The van der Waals surface area contributed by atoms with Gasteiger partial charge in [-0.15, -0.1) is 0 Å². The van der Waals surface area contributed by atoms with E-state index in [1.54, 1.807) is 0 Å². The lowest BCUT2D eigenvalue weighted by molar-refractivity contribution is 0.476. The summed E-state index contributed by atoms with van der Waals surface area (Å²) in [5.74, 6) is 1.69. The fraction of sp³-hybridized carbons (Fsp3) is 1.00. The molecule has 0 radical (unpaired) electrons. The fourth-order valence-corrected chi connectivity index (χ4v) is 6.03. The van der Waals surface area contributed by atoms with Crippen molar-refractivity contribution >= 4 is 21.6 Å². The van der Waals surface area contributed by atoms with Crippen LogP contribution in [0.25, 0.3) is 0 Å². The Kier molecular flexibility index (Phi) is 11.6. The van der Waals surface area contributed by atoms with Crippen LogP contribution in [0, 0.1) is 11.8 Å². The number of rotatable bonds is 13. The molecule has 0 aliphatic rings. The molecule has 0 amide bonds. The second kappa shape index (κ2) is 11.3. The number of hydrogen-bond donors (Lipinski definition) is 0. The topological polar surface area (TPSA) is 0 Å². The number of hydrogen-bond acceptors (Lipinski definition) is 2. The van der Waals surface area contributed by atoms with Crippen LogP contribution in [0.3, 0.4) is 0 Å². The molecule has 0 aromatic rings. The van der Waals surface area contributed by atoms with Gasteiger partial charge in [-0.05, 0) is 51.4 Å². The average Bonchev–Trinajstić information content (AvgIpc) is 2.44. The third-order valence-corrected chi connectivity index (χ3v) is 9.45. The lowest BCUT2D eigenvalue weighted by Crippen LogP contribution is -2.23. The average molecular weight is 347 g/mol. The first-order chi connectivity index (χ1) is 10.2. The van der Waals surface area contributed by atoms with E-state index in [9.17, 15) is 0 Å². The Bertz CT molecular complexity index is 247. The van der Waals surface area contributed by atoms with Gasteiger partial charge in [-0.1, -0.05) is 88.8 Å². The van der Waals surface area contributed by atoms with Crippen molar-refractivity contribution in [1.82, 2.24) is 0 Å². The molecule has 0 rings (SSSR count). The van der Waals surface area contributed by atoms with Crippen LogP contribution in [-0.2, 0) is 0 Å². The van der Waals surface area contributed by atoms with Gasteiger partial charge in [0, 0.05) is 9.49 Å². The van der Waals surface area contributed by atoms with Crippen molar-refractivity contribution in [2.45, 2.75) is 116 Å². The summed E-state index contributed by atoms with van der Waals surface area (Å²) in [5.41, 5.74) is 0. The zero-order chi connectivity index (χ0) is 17.2. The van der Waals surface area contributed by atoms with E-state index in [4.69, 9.17) is 0 Å². The Morgan fingerprint density at radius 1 is 0.682 bits per heavy atom. The van der Waals surface area contributed by atoms with Gasteiger partial charge in [0.2, 0.25) is 0 Å². The summed E-state index contributed by atoms with van der Waals surface area (Å²) in [4.78, 5) is 0. The van der Waals surface area contributed by atoms with Crippen molar-refractivity contribution in [3.63, 3.8) is 0 Å². The van der Waals surface area contributed by atoms with Crippen LogP contribution in [0.15, 0.2) is 0 Å². The van der Waals surface area contributed by atoms with Crippen LogP contribution in [-0.4, -0.2) is 9.49 Å². The molecule has 134 valence electrons. The van der Waals surface area contributed by atoms with E-state index in [0.717, 1.165) is 11.8 Å². The zero-order valence-corrected chi connectivity index (χ0v) is 18.3. The third-order valence-electron chi connectivity index (χ3n) is 4.91. The SMILES string of the molecule is CCC(C)(CCCC(C)C)SSC(C)(CC)CCCC(C)C. The quantitative estimate of drug-likeness (QED) is 0.307. The molecule has 0 bridgehead atoms. The van der Waals surface area contributed by atoms with E-state index in [1.165, 1.54) is 51.4 Å². The van der Waals surface area contributed by atoms with E-state index in [-0.39, 0.29) is 0 Å². The van der Waals surface area contributed by atoms with Crippen LogP contribution < -0.4 is 0 Å². The van der Waals surface area contributed by atoms with Gasteiger partial charge in [-0.25, -0.2) is 0 Å². The maximum absolute atomic E-state index is 2.48. The Hall–Kier alpha value is 0.700. The molecule has 0 saturated heterocycles. The maximum atomic E-state index is 2.48. The molecular formula is C20H42S2. The van der Waals surface area contributed by atoms with Crippen molar-refractivity contribution in [2.75, 3.05) is 0 Å². The first-order valence-electron chi connectivity index (χ1n) is 9.53. The van der Waals surface area contributed by atoms with Crippen molar-refractivity contribution in [2.24, 2.45) is 11.8 Å². The molecule has 0 fully saturated rings. The summed E-state index contributed by atoms with van der Waals surface area (Å²) in [5, 5.41) is 0. The molecule has 0 aliphatic heterocycles. The highest BCUT2D eigenvalue weighted by molar-refractivity contribution is 8.77. The smallest absolute Gasteiger partial charge is 0.0233 e. The summed E-state index contributed by atoms with van der Waals surface area (Å²) in [6, 6.07) is 0. The van der Waals surface area contributed by atoms with Crippen LogP contribution in [0.5, 0.6) is 0 Å². The highest BCUT2D eigenvalue weighted by Gasteiger charge is 2.29. The first-order valence-corrected chi connectivity index (χ1v) is 11.7.